The van der Waals surface area contributed by atoms with Gasteiger partial charge in [-0.3, -0.25) is 0 Å². The average Bonchev–Trinajstić information content (AvgIpc) is 2.29. The first kappa shape index (κ1) is 21.1. The lowest BCUT2D eigenvalue weighted by Crippen LogP contribution is -2.51. The Morgan fingerprint density at radius 2 is 1.77 bits per heavy atom. The number of amides is 1. The quantitative estimate of drug-likeness (QED) is 0.578. The molecule has 22 heavy (non-hydrogen) atoms. The highest BCUT2D eigenvalue weighted by molar-refractivity contribution is 6.74. The van der Waals surface area contributed by atoms with Crippen LogP contribution in [0.25, 0.3) is 0 Å². The van der Waals surface area contributed by atoms with Crippen LogP contribution in [-0.2, 0) is 9.16 Å². The van der Waals surface area contributed by atoms with E-state index in [0.29, 0.717) is 0 Å². The van der Waals surface area contributed by atoms with Crippen LogP contribution in [0.5, 0.6) is 0 Å². The normalized spacial score (nSPS) is 15.9. The molecule has 6 heteroatoms. The molecule has 0 saturated carbocycles. The SMILES string of the molecule is C=C[C@@H](O)[C@H](CO[Si](C)(C)C(C)(C)C)NC(=O)OC(C)(C)C. The highest BCUT2D eigenvalue weighted by Crippen LogP contribution is 2.36. The van der Waals surface area contributed by atoms with Crippen LogP contribution >= 0.6 is 0 Å². The molecular formula is C16H33NO4Si. The number of ether oxygens (including phenoxy) is 1. The number of aliphatic hydroxyl groups is 1. The Morgan fingerprint density at radius 1 is 1.27 bits per heavy atom. The Labute approximate surface area is 136 Å². The van der Waals surface area contributed by atoms with E-state index in [-0.39, 0.29) is 11.6 Å². The largest absolute Gasteiger partial charge is 0.444 e. The van der Waals surface area contributed by atoms with E-state index in [4.69, 9.17) is 9.16 Å². The second-order valence-corrected chi connectivity index (χ2v) is 12.9. The second-order valence-electron chi connectivity index (χ2n) is 8.05. The van der Waals surface area contributed by atoms with E-state index in [9.17, 15) is 9.90 Å². The maximum absolute atomic E-state index is 11.9. The molecule has 0 aromatic carbocycles. The molecule has 0 aromatic rings. The van der Waals surface area contributed by atoms with Crippen molar-refractivity contribution in [2.75, 3.05) is 6.61 Å². The van der Waals surface area contributed by atoms with Crippen LogP contribution in [0, 0.1) is 0 Å². The van der Waals surface area contributed by atoms with Gasteiger partial charge in [0.1, 0.15) is 5.60 Å². The summed E-state index contributed by atoms with van der Waals surface area (Å²) in [5.41, 5.74) is -0.589. The lowest BCUT2D eigenvalue weighted by Gasteiger charge is -2.37. The molecule has 0 rings (SSSR count). The Kier molecular flexibility index (Phi) is 7.32. The molecule has 0 spiro atoms. The second kappa shape index (κ2) is 7.61. The number of rotatable bonds is 6. The third-order valence-electron chi connectivity index (χ3n) is 3.79. The highest BCUT2D eigenvalue weighted by Gasteiger charge is 2.38. The van der Waals surface area contributed by atoms with E-state index >= 15 is 0 Å². The van der Waals surface area contributed by atoms with Gasteiger partial charge in [0, 0.05) is 0 Å². The zero-order chi connectivity index (χ0) is 17.8. The molecule has 0 aromatic heterocycles. The van der Waals surface area contributed by atoms with Crippen molar-refractivity contribution < 1.29 is 19.1 Å². The van der Waals surface area contributed by atoms with E-state index in [2.05, 4.69) is 45.8 Å². The Morgan fingerprint density at radius 3 is 2.14 bits per heavy atom. The van der Waals surface area contributed by atoms with Gasteiger partial charge in [0.15, 0.2) is 8.32 Å². The van der Waals surface area contributed by atoms with Gasteiger partial charge in [-0.15, -0.1) is 6.58 Å². The number of carbonyl (C=O) groups excluding carboxylic acids is 1. The summed E-state index contributed by atoms with van der Waals surface area (Å²) in [7, 11) is -1.96. The van der Waals surface area contributed by atoms with Crippen LogP contribution < -0.4 is 5.32 Å². The zero-order valence-electron chi connectivity index (χ0n) is 15.3. The number of hydrogen-bond acceptors (Lipinski definition) is 4. The van der Waals surface area contributed by atoms with Gasteiger partial charge >= 0.3 is 6.09 Å². The summed E-state index contributed by atoms with van der Waals surface area (Å²) < 4.78 is 11.3. The molecule has 2 N–H and O–H groups in total. The van der Waals surface area contributed by atoms with Gasteiger partial charge in [0.2, 0.25) is 0 Å². The van der Waals surface area contributed by atoms with Gasteiger partial charge in [-0.25, -0.2) is 4.79 Å². The van der Waals surface area contributed by atoms with Crippen molar-refractivity contribution in [1.29, 1.82) is 0 Å². The lowest BCUT2D eigenvalue weighted by atomic mass is 10.2. The van der Waals surface area contributed by atoms with Gasteiger partial charge in [-0.2, -0.15) is 0 Å². The molecule has 130 valence electrons. The van der Waals surface area contributed by atoms with Crippen molar-refractivity contribution in [2.45, 2.75) is 77.4 Å². The fraction of sp³-hybridized carbons (Fsp3) is 0.812. The monoisotopic (exact) mass is 331 g/mol. The zero-order valence-corrected chi connectivity index (χ0v) is 16.3. The fourth-order valence-electron chi connectivity index (χ4n) is 1.36. The topological polar surface area (TPSA) is 67.8 Å². The standard InChI is InChI=1S/C16H33NO4Si/c1-10-13(18)12(17-14(19)21-15(2,3)4)11-20-22(8,9)16(5,6)7/h10,12-13,18H,1,11H2,2-9H3,(H,17,19)/t12-,13+/m0/s1. The molecule has 0 unspecified atom stereocenters. The first-order valence-corrected chi connectivity index (χ1v) is 10.5. The molecule has 0 heterocycles. The maximum Gasteiger partial charge on any atom is 0.408 e. The first-order chi connectivity index (χ1) is 9.69. The Balaban J connectivity index is 4.81. The Hall–Kier alpha value is -0.853. The molecule has 0 radical (unpaired) electrons. The summed E-state index contributed by atoms with van der Waals surface area (Å²) in [6, 6.07) is -0.582. The van der Waals surface area contributed by atoms with Crippen LogP contribution in [0.1, 0.15) is 41.5 Å². The highest BCUT2D eigenvalue weighted by atomic mass is 28.4. The minimum absolute atomic E-state index is 0.0581. The van der Waals surface area contributed by atoms with E-state index in [0.717, 1.165) is 0 Å². The van der Waals surface area contributed by atoms with Gasteiger partial charge in [0.05, 0.1) is 18.8 Å². The molecule has 0 bridgehead atoms. The molecule has 1 amide bonds. The van der Waals surface area contributed by atoms with Crippen LogP contribution in [0.2, 0.25) is 18.1 Å². The summed E-state index contributed by atoms with van der Waals surface area (Å²) in [6.07, 6.45) is -0.0775. The molecule has 0 aliphatic carbocycles. The molecule has 2 atom stereocenters. The first-order valence-electron chi connectivity index (χ1n) is 7.64. The van der Waals surface area contributed by atoms with E-state index < -0.39 is 32.2 Å². The Bertz CT molecular complexity index is 383. The molecule has 0 saturated heterocycles. The van der Waals surface area contributed by atoms with Gasteiger partial charge < -0.3 is 19.6 Å². The van der Waals surface area contributed by atoms with Crippen molar-refractivity contribution in [2.24, 2.45) is 0 Å². The molecule has 0 aliphatic rings. The minimum atomic E-state index is -1.96. The van der Waals surface area contributed by atoms with Crippen molar-refractivity contribution >= 4 is 14.4 Å². The van der Waals surface area contributed by atoms with Crippen molar-refractivity contribution in [3.63, 3.8) is 0 Å². The van der Waals surface area contributed by atoms with E-state index in [1.807, 2.05) is 0 Å². The van der Waals surface area contributed by atoms with Crippen molar-refractivity contribution in [3.05, 3.63) is 12.7 Å². The minimum Gasteiger partial charge on any atom is -0.444 e. The predicted molar refractivity (Wildman–Crippen MR) is 92.5 cm³/mol. The number of nitrogens with one attached hydrogen (secondary N) is 1. The smallest absolute Gasteiger partial charge is 0.408 e. The fourth-order valence-corrected chi connectivity index (χ4v) is 2.39. The third-order valence-corrected chi connectivity index (χ3v) is 8.29. The van der Waals surface area contributed by atoms with Crippen LogP contribution in [-0.4, -0.2) is 43.9 Å². The number of aliphatic hydroxyl groups excluding tert-OH is 1. The number of hydrogen-bond donors (Lipinski definition) is 2. The van der Waals surface area contributed by atoms with E-state index in [1.165, 1.54) is 6.08 Å². The summed E-state index contributed by atoms with van der Waals surface area (Å²) in [4.78, 5) is 11.9. The van der Waals surface area contributed by atoms with Crippen molar-refractivity contribution in [1.82, 2.24) is 5.32 Å². The summed E-state index contributed by atoms with van der Waals surface area (Å²) >= 11 is 0. The lowest BCUT2D eigenvalue weighted by molar-refractivity contribution is 0.0412. The summed E-state index contributed by atoms with van der Waals surface area (Å²) in [5.74, 6) is 0. The van der Waals surface area contributed by atoms with Crippen LogP contribution in [0.15, 0.2) is 12.7 Å². The van der Waals surface area contributed by atoms with Crippen molar-refractivity contribution in [3.8, 4) is 0 Å². The molecule has 5 nitrogen and oxygen atoms in total. The predicted octanol–water partition coefficient (Wildman–Crippen LogP) is 3.45. The van der Waals surface area contributed by atoms with Crippen LogP contribution in [0.4, 0.5) is 4.79 Å². The third kappa shape index (κ3) is 7.42. The van der Waals surface area contributed by atoms with E-state index in [1.54, 1.807) is 20.8 Å². The maximum atomic E-state index is 11.9. The average molecular weight is 332 g/mol. The van der Waals surface area contributed by atoms with Gasteiger partial charge in [-0.05, 0) is 38.9 Å². The van der Waals surface area contributed by atoms with Gasteiger partial charge in [-0.1, -0.05) is 26.8 Å². The van der Waals surface area contributed by atoms with Crippen LogP contribution in [0.3, 0.4) is 0 Å². The summed E-state index contributed by atoms with van der Waals surface area (Å²) in [5, 5.41) is 12.7. The van der Waals surface area contributed by atoms with Gasteiger partial charge in [0.25, 0.3) is 0 Å². The summed E-state index contributed by atoms with van der Waals surface area (Å²) in [6.45, 7) is 19.8. The molecular weight excluding hydrogens is 298 g/mol. The molecule has 0 fully saturated rings. The number of carbonyl (C=O) groups is 1. The molecule has 0 aliphatic heterocycles. The number of alkyl carbamates (subject to hydrolysis) is 1.